The minimum Gasteiger partial charge on any atom is -0.480 e. The zero-order valence-electron chi connectivity index (χ0n) is 20.3. The highest BCUT2D eigenvalue weighted by Gasteiger charge is 2.41. The lowest BCUT2D eigenvalue weighted by atomic mass is 9.84. The van der Waals surface area contributed by atoms with Crippen LogP contribution in [0, 0.1) is 6.92 Å². The largest absolute Gasteiger partial charge is 0.480 e. The Morgan fingerprint density at radius 2 is 1.66 bits per heavy atom. The SMILES string of the molecule is CSc1nc2n(n1)[C@H](c1ccc(C)cc1)C1=C(N2)c2ccccc2O[C@@H]1c1ccc(C(C)C)cc1. The maximum absolute atomic E-state index is 6.75. The van der Waals surface area contributed by atoms with Crippen molar-refractivity contribution < 1.29 is 4.74 Å². The lowest BCUT2D eigenvalue weighted by Crippen LogP contribution is -2.32. The molecule has 6 heteroatoms. The van der Waals surface area contributed by atoms with Crippen molar-refractivity contribution in [3.8, 4) is 5.75 Å². The van der Waals surface area contributed by atoms with Crippen molar-refractivity contribution in [3.63, 3.8) is 0 Å². The average molecular weight is 481 g/mol. The van der Waals surface area contributed by atoms with Crippen molar-refractivity contribution >= 4 is 23.4 Å². The summed E-state index contributed by atoms with van der Waals surface area (Å²) in [6.07, 6.45) is 1.75. The smallest absolute Gasteiger partial charge is 0.227 e. The van der Waals surface area contributed by atoms with Gasteiger partial charge in [-0.1, -0.05) is 91.8 Å². The number of aryl methyl sites for hydroxylation is 1. The highest BCUT2D eigenvalue weighted by molar-refractivity contribution is 7.98. The Labute approximate surface area is 210 Å². The number of nitrogens with zero attached hydrogens (tertiary/aromatic N) is 3. The second kappa shape index (κ2) is 8.61. The minimum atomic E-state index is -0.255. The van der Waals surface area contributed by atoms with Gasteiger partial charge in [0.25, 0.3) is 0 Å². The summed E-state index contributed by atoms with van der Waals surface area (Å²) in [5, 5.41) is 9.25. The van der Waals surface area contributed by atoms with Crippen LogP contribution in [0.15, 0.2) is 83.5 Å². The number of nitrogens with one attached hydrogen (secondary N) is 1. The summed E-state index contributed by atoms with van der Waals surface area (Å²) in [6, 6.07) is 25.6. The Morgan fingerprint density at radius 1 is 0.943 bits per heavy atom. The number of hydrogen-bond acceptors (Lipinski definition) is 5. The lowest BCUT2D eigenvalue weighted by Gasteiger charge is -2.39. The number of anilines is 1. The fourth-order valence-corrected chi connectivity index (χ4v) is 5.29. The standard InChI is InChI=1S/C29H28N4OS/c1-17(2)19-13-15-21(16-14-19)27-24-25(22-7-5-6-8-23(22)34-27)30-28-31-29(35-4)32-33(28)26(24)20-11-9-18(3)10-12-20/h5-17,26-27H,1-4H3,(H,30,31,32)/t26-,27-/m1/s1. The van der Waals surface area contributed by atoms with Gasteiger partial charge in [-0.15, -0.1) is 5.10 Å². The van der Waals surface area contributed by atoms with E-state index in [4.69, 9.17) is 14.8 Å². The molecule has 0 amide bonds. The second-order valence-electron chi connectivity index (χ2n) is 9.45. The first-order chi connectivity index (χ1) is 17.0. The van der Waals surface area contributed by atoms with E-state index in [0.717, 1.165) is 44.8 Å². The van der Waals surface area contributed by atoms with Crippen LogP contribution in [-0.2, 0) is 0 Å². The van der Waals surface area contributed by atoms with Crippen LogP contribution in [0.3, 0.4) is 0 Å². The zero-order chi connectivity index (χ0) is 24.1. The van der Waals surface area contributed by atoms with Gasteiger partial charge < -0.3 is 10.1 Å². The van der Waals surface area contributed by atoms with Crippen LogP contribution in [0.5, 0.6) is 5.75 Å². The third-order valence-electron chi connectivity index (χ3n) is 6.84. The summed E-state index contributed by atoms with van der Waals surface area (Å²) < 4.78 is 8.76. The molecule has 6 rings (SSSR count). The normalized spacial score (nSPS) is 18.4. The lowest BCUT2D eigenvalue weighted by molar-refractivity contribution is 0.223. The number of fused-ring (bicyclic) bond motifs is 3. The molecular weight excluding hydrogens is 452 g/mol. The van der Waals surface area contributed by atoms with Crippen molar-refractivity contribution in [3.05, 3.63) is 106 Å². The topological polar surface area (TPSA) is 52.0 Å². The van der Waals surface area contributed by atoms with E-state index in [-0.39, 0.29) is 12.1 Å². The molecule has 0 saturated heterocycles. The van der Waals surface area contributed by atoms with Gasteiger partial charge in [0.15, 0.2) is 0 Å². The molecule has 0 saturated carbocycles. The van der Waals surface area contributed by atoms with Crippen LogP contribution in [0.25, 0.3) is 5.70 Å². The van der Waals surface area contributed by atoms with Crippen LogP contribution < -0.4 is 10.1 Å². The third-order valence-corrected chi connectivity index (χ3v) is 7.38. The van der Waals surface area contributed by atoms with Gasteiger partial charge in [-0.2, -0.15) is 4.98 Å². The maximum atomic E-state index is 6.75. The van der Waals surface area contributed by atoms with E-state index in [2.05, 4.69) is 86.8 Å². The summed E-state index contributed by atoms with van der Waals surface area (Å²) in [7, 11) is 0. The fraction of sp³-hybridized carbons (Fsp3) is 0.241. The van der Waals surface area contributed by atoms with E-state index in [1.165, 1.54) is 11.1 Å². The predicted octanol–water partition coefficient (Wildman–Crippen LogP) is 6.99. The molecule has 176 valence electrons. The molecule has 0 bridgehead atoms. The van der Waals surface area contributed by atoms with E-state index in [1.807, 2.05) is 23.1 Å². The molecule has 0 unspecified atom stereocenters. The van der Waals surface area contributed by atoms with Crippen LogP contribution in [0.4, 0.5) is 5.95 Å². The summed E-state index contributed by atoms with van der Waals surface area (Å²) in [5.41, 5.74) is 8.09. The van der Waals surface area contributed by atoms with E-state index in [1.54, 1.807) is 11.8 Å². The monoisotopic (exact) mass is 480 g/mol. The van der Waals surface area contributed by atoms with Gasteiger partial charge in [0, 0.05) is 11.1 Å². The molecule has 5 nitrogen and oxygen atoms in total. The highest BCUT2D eigenvalue weighted by atomic mass is 32.2. The molecule has 0 fully saturated rings. The number of thioether (sulfide) groups is 1. The molecule has 3 aromatic carbocycles. The van der Waals surface area contributed by atoms with Crippen molar-refractivity contribution in [1.29, 1.82) is 0 Å². The van der Waals surface area contributed by atoms with Crippen molar-refractivity contribution in [1.82, 2.24) is 14.8 Å². The van der Waals surface area contributed by atoms with Gasteiger partial charge in [-0.3, -0.25) is 0 Å². The van der Waals surface area contributed by atoms with Crippen molar-refractivity contribution in [2.75, 3.05) is 11.6 Å². The molecule has 4 aromatic rings. The average Bonchev–Trinajstić information content (AvgIpc) is 3.30. The first-order valence-electron chi connectivity index (χ1n) is 12.0. The number of ether oxygens (including phenoxy) is 1. The van der Waals surface area contributed by atoms with Crippen molar-refractivity contribution in [2.45, 2.75) is 44.0 Å². The van der Waals surface area contributed by atoms with Gasteiger partial charge in [0.05, 0.1) is 5.70 Å². The number of para-hydroxylation sites is 1. The molecular formula is C29H28N4OS. The molecule has 3 heterocycles. The van der Waals surface area contributed by atoms with Gasteiger partial charge >= 0.3 is 0 Å². The number of hydrogen-bond donors (Lipinski definition) is 1. The number of rotatable bonds is 4. The van der Waals surface area contributed by atoms with Crippen LogP contribution in [0.1, 0.15) is 59.7 Å². The summed E-state index contributed by atoms with van der Waals surface area (Å²) in [6.45, 7) is 6.55. The molecule has 0 spiro atoms. The van der Waals surface area contributed by atoms with Crippen LogP contribution >= 0.6 is 11.8 Å². The minimum absolute atomic E-state index is 0.140. The first-order valence-corrected chi connectivity index (χ1v) is 13.2. The van der Waals surface area contributed by atoms with Gasteiger partial charge in [-0.05, 0) is 47.9 Å². The Morgan fingerprint density at radius 3 is 2.37 bits per heavy atom. The Kier molecular flexibility index (Phi) is 5.41. The Balaban J connectivity index is 1.59. The molecule has 0 aliphatic carbocycles. The van der Waals surface area contributed by atoms with Gasteiger partial charge in [0.2, 0.25) is 11.1 Å². The van der Waals surface area contributed by atoms with Crippen LogP contribution in [0.2, 0.25) is 0 Å². The van der Waals surface area contributed by atoms with Gasteiger partial charge in [0.1, 0.15) is 17.9 Å². The zero-order valence-corrected chi connectivity index (χ0v) is 21.1. The van der Waals surface area contributed by atoms with E-state index in [9.17, 15) is 0 Å². The van der Waals surface area contributed by atoms with Gasteiger partial charge in [-0.25, -0.2) is 4.68 Å². The predicted molar refractivity (Wildman–Crippen MR) is 142 cm³/mol. The first kappa shape index (κ1) is 22.0. The molecule has 2 aliphatic rings. The summed E-state index contributed by atoms with van der Waals surface area (Å²) in [4.78, 5) is 4.78. The maximum Gasteiger partial charge on any atom is 0.227 e. The highest BCUT2D eigenvalue weighted by Crippen LogP contribution is 2.50. The van der Waals surface area contributed by atoms with Crippen LogP contribution in [-0.4, -0.2) is 21.0 Å². The Hall–Kier alpha value is -3.51. The van der Waals surface area contributed by atoms with E-state index >= 15 is 0 Å². The third kappa shape index (κ3) is 3.73. The Bertz CT molecular complexity index is 1420. The van der Waals surface area contributed by atoms with Crippen molar-refractivity contribution in [2.24, 2.45) is 0 Å². The summed E-state index contributed by atoms with van der Waals surface area (Å²) >= 11 is 1.55. The quantitative estimate of drug-likeness (QED) is 0.319. The molecule has 35 heavy (non-hydrogen) atoms. The van der Waals surface area contributed by atoms with E-state index in [0.29, 0.717) is 5.92 Å². The molecule has 2 aliphatic heterocycles. The molecule has 1 aromatic heterocycles. The summed E-state index contributed by atoms with van der Waals surface area (Å²) in [5.74, 6) is 2.10. The van der Waals surface area contributed by atoms with E-state index < -0.39 is 0 Å². The molecule has 0 radical (unpaired) electrons. The molecule has 1 N–H and O–H groups in total. The number of benzene rings is 3. The number of aromatic nitrogens is 3. The molecule has 2 atom stereocenters. The fourth-order valence-electron chi connectivity index (χ4n) is 4.94. The second-order valence-corrected chi connectivity index (χ2v) is 10.2.